The smallest absolute Gasteiger partial charge is 0.120 e. The zero-order chi connectivity index (χ0) is 7.28. The molecule has 51 valence electrons. The lowest BCUT2D eigenvalue weighted by Crippen LogP contribution is -2.24. The molecule has 0 aliphatic rings. The molecule has 2 nitrogen and oxygen atoms in total. The van der Waals surface area contributed by atoms with Crippen LogP contribution in [0.25, 0.3) is 0 Å². The standard InChI is InChI=1S/C6H14BN2/c1-4-7-5(2)6(3)9-8/h5,9H,3-4,8H2,1-2H3. The number of hydrogen-bond donors (Lipinski definition) is 2. The minimum absolute atomic E-state index is 0.375. The third-order valence-electron chi connectivity index (χ3n) is 1.32. The Morgan fingerprint density at radius 3 is 2.78 bits per heavy atom. The van der Waals surface area contributed by atoms with Crippen molar-refractivity contribution >= 4 is 7.28 Å². The van der Waals surface area contributed by atoms with E-state index in [0.717, 1.165) is 12.0 Å². The average molecular weight is 125 g/mol. The molecule has 0 spiro atoms. The summed E-state index contributed by atoms with van der Waals surface area (Å²) in [5.41, 5.74) is 3.40. The average Bonchev–Trinajstić information content (AvgIpc) is 1.87. The van der Waals surface area contributed by atoms with Gasteiger partial charge in [0.25, 0.3) is 0 Å². The fourth-order valence-corrected chi connectivity index (χ4v) is 0.627. The molecule has 0 bridgehead atoms. The van der Waals surface area contributed by atoms with Gasteiger partial charge in [0.05, 0.1) is 0 Å². The Morgan fingerprint density at radius 1 is 1.89 bits per heavy atom. The van der Waals surface area contributed by atoms with Crippen LogP contribution in [0.15, 0.2) is 12.3 Å². The highest BCUT2D eigenvalue weighted by Gasteiger charge is 2.03. The fraction of sp³-hybridized carbons (Fsp3) is 0.667. The highest BCUT2D eigenvalue weighted by atomic mass is 15.2. The molecule has 1 atom stereocenters. The number of nitrogens with one attached hydrogen (secondary N) is 1. The molecule has 0 aromatic carbocycles. The SMILES string of the molecule is C=C(NN)C(C)[B]CC. The molecule has 0 saturated carbocycles. The summed E-state index contributed by atoms with van der Waals surface area (Å²) in [4.78, 5) is 0. The van der Waals surface area contributed by atoms with E-state index < -0.39 is 0 Å². The molecule has 0 aromatic heterocycles. The van der Waals surface area contributed by atoms with Gasteiger partial charge in [0.1, 0.15) is 7.28 Å². The second kappa shape index (κ2) is 4.44. The van der Waals surface area contributed by atoms with Crippen LogP contribution in [0, 0.1) is 0 Å². The van der Waals surface area contributed by atoms with Crippen LogP contribution in [-0.2, 0) is 0 Å². The van der Waals surface area contributed by atoms with Crippen molar-refractivity contribution in [3.8, 4) is 0 Å². The van der Waals surface area contributed by atoms with Crippen LogP contribution in [0.3, 0.4) is 0 Å². The van der Waals surface area contributed by atoms with Crippen molar-refractivity contribution in [1.82, 2.24) is 5.43 Å². The Bertz CT molecular complexity index is 93.1. The Morgan fingerprint density at radius 2 is 2.44 bits per heavy atom. The molecule has 3 N–H and O–H groups in total. The van der Waals surface area contributed by atoms with Crippen LogP contribution in [-0.4, -0.2) is 7.28 Å². The molecular weight excluding hydrogens is 111 g/mol. The largest absolute Gasteiger partial charge is 0.329 e. The maximum absolute atomic E-state index is 5.13. The van der Waals surface area contributed by atoms with E-state index in [1.807, 2.05) is 0 Å². The second-order valence-electron chi connectivity index (χ2n) is 2.10. The zero-order valence-corrected chi connectivity index (χ0v) is 6.15. The lowest BCUT2D eigenvalue weighted by atomic mass is 9.62. The van der Waals surface area contributed by atoms with Gasteiger partial charge in [-0.05, 0) is 5.82 Å². The summed E-state index contributed by atoms with van der Waals surface area (Å²) in [5.74, 6) is 5.51. The molecule has 0 aliphatic heterocycles. The lowest BCUT2D eigenvalue weighted by molar-refractivity contribution is 0.825. The fourth-order valence-electron chi connectivity index (χ4n) is 0.627. The summed E-state index contributed by atoms with van der Waals surface area (Å²) in [6.07, 6.45) is 1.06. The Balaban J connectivity index is 3.45. The maximum atomic E-state index is 5.13. The molecule has 0 fully saturated rings. The van der Waals surface area contributed by atoms with Crippen molar-refractivity contribution in [1.29, 1.82) is 0 Å². The van der Waals surface area contributed by atoms with Gasteiger partial charge in [-0.1, -0.05) is 26.7 Å². The van der Waals surface area contributed by atoms with Crippen molar-refractivity contribution in [2.45, 2.75) is 26.0 Å². The van der Waals surface area contributed by atoms with Gasteiger partial charge in [0.15, 0.2) is 0 Å². The van der Waals surface area contributed by atoms with E-state index in [9.17, 15) is 0 Å². The summed E-state index contributed by atoms with van der Waals surface area (Å²) in [6.45, 7) is 7.88. The molecule has 1 unspecified atom stereocenters. The predicted molar refractivity (Wildman–Crippen MR) is 42.1 cm³/mol. The van der Waals surface area contributed by atoms with Gasteiger partial charge in [0, 0.05) is 5.70 Å². The van der Waals surface area contributed by atoms with Gasteiger partial charge in [-0.15, -0.1) is 0 Å². The van der Waals surface area contributed by atoms with Gasteiger partial charge < -0.3 is 5.43 Å². The van der Waals surface area contributed by atoms with Crippen molar-refractivity contribution < 1.29 is 0 Å². The third-order valence-corrected chi connectivity index (χ3v) is 1.32. The molecule has 3 heteroatoms. The van der Waals surface area contributed by atoms with Gasteiger partial charge in [-0.2, -0.15) is 0 Å². The van der Waals surface area contributed by atoms with E-state index in [2.05, 4.69) is 33.1 Å². The van der Waals surface area contributed by atoms with E-state index in [-0.39, 0.29) is 0 Å². The first kappa shape index (κ1) is 8.56. The highest BCUT2D eigenvalue weighted by molar-refractivity contribution is 6.38. The summed E-state index contributed by atoms with van der Waals surface area (Å²) in [5, 5.41) is 0. The van der Waals surface area contributed by atoms with E-state index in [4.69, 9.17) is 5.84 Å². The zero-order valence-electron chi connectivity index (χ0n) is 6.15. The summed E-state index contributed by atoms with van der Waals surface area (Å²) < 4.78 is 0. The predicted octanol–water partition coefficient (Wildman–Crippen LogP) is 0.914. The van der Waals surface area contributed by atoms with E-state index in [0.29, 0.717) is 5.82 Å². The Labute approximate surface area is 57.7 Å². The summed E-state index contributed by atoms with van der Waals surface area (Å²) in [7, 11) is 2.15. The summed E-state index contributed by atoms with van der Waals surface area (Å²) in [6, 6.07) is 0. The molecule has 0 amide bonds. The van der Waals surface area contributed by atoms with Crippen molar-refractivity contribution in [3.05, 3.63) is 12.3 Å². The van der Waals surface area contributed by atoms with Crippen LogP contribution >= 0.6 is 0 Å². The molecule has 0 aliphatic carbocycles. The van der Waals surface area contributed by atoms with Crippen molar-refractivity contribution in [2.24, 2.45) is 5.84 Å². The second-order valence-corrected chi connectivity index (χ2v) is 2.10. The van der Waals surface area contributed by atoms with E-state index in [1.165, 1.54) is 0 Å². The molecule has 0 heterocycles. The first-order chi connectivity index (χ1) is 4.22. The Hall–Kier alpha value is -0.435. The summed E-state index contributed by atoms with van der Waals surface area (Å²) >= 11 is 0. The van der Waals surface area contributed by atoms with Gasteiger partial charge in [0.2, 0.25) is 0 Å². The number of rotatable bonds is 4. The van der Waals surface area contributed by atoms with Gasteiger partial charge in [-0.3, -0.25) is 5.84 Å². The minimum Gasteiger partial charge on any atom is -0.329 e. The van der Waals surface area contributed by atoms with Gasteiger partial charge in [-0.25, -0.2) is 0 Å². The van der Waals surface area contributed by atoms with Crippen LogP contribution in [0.4, 0.5) is 0 Å². The Kier molecular flexibility index (Phi) is 4.23. The molecule has 1 radical (unpaired) electrons. The number of hydrogen-bond acceptors (Lipinski definition) is 2. The van der Waals surface area contributed by atoms with Crippen LogP contribution in [0.1, 0.15) is 13.8 Å². The first-order valence-corrected chi connectivity index (χ1v) is 3.21. The third kappa shape index (κ3) is 3.19. The molecule has 0 aromatic rings. The normalized spacial score (nSPS) is 12.3. The van der Waals surface area contributed by atoms with Crippen LogP contribution in [0.5, 0.6) is 0 Å². The highest BCUT2D eigenvalue weighted by Crippen LogP contribution is 2.09. The van der Waals surface area contributed by atoms with Crippen molar-refractivity contribution in [2.75, 3.05) is 0 Å². The first-order valence-electron chi connectivity index (χ1n) is 3.21. The van der Waals surface area contributed by atoms with Crippen molar-refractivity contribution in [3.63, 3.8) is 0 Å². The monoisotopic (exact) mass is 125 g/mol. The van der Waals surface area contributed by atoms with Crippen LogP contribution in [0.2, 0.25) is 12.1 Å². The minimum atomic E-state index is 0.375. The number of nitrogens with two attached hydrogens (primary N) is 1. The van der Waals surface area contributed by atoms with E-state index >= 15 is 0 Å². The van der Waals surface area contributed by atoms with E-state index in [1.54, 1.807) is 0 Å². The maximum Gasteiger partial charge on any atom is 0.120 e. The van der Waals surface area contributed by atoms with Crippen LogP contribution < -0.4 is 11.3 Å². The molecule has 0 rings (SSSR count). The quantitative estimate of drug-likeness (QED) is 0.333. The molecular formula is C6H14BN2. The molecule has 9 heavy (non-hydrogen) atoms. The molecule has 0 saturated heterocycles. The lowest BCUT2D eigenvalue weighted by Gasteiger charge is -2.10. The van der Waals surface area contributed by atoms with Gasteiger partial charge >= 0.3 is 0 Å². The topological polar surface area (TPSA) is 38.0 Å². The number of allylic oxidation sites excluding steroid dienone is 1. The number of hydrazine groups is 1.